The minimum Gasteiger partial charge on any atom is -0.380 e. The predicted molar refractivity (Wildman–Crippen MR) is 88.0 cm³/mol. The van der Waals surface area contributed by atoms with Crippen molar-refractivity contribution < 1.29 is 14.6 Å². The van der Waals surface area contributed by atoms with Crippen LogP contribution in [0.15, 0.2) is 30.3 Å². The smallest absolute Gasteiger partial charge is 0.252 e. The third-order valence-electron chi connectivity index (χ3n) is 4.98. The van der Waals surface area contributed by atoms with Gasteiger partial charge in [0.25, 0.3) is 5.91 Å². The summed E-state index contributed by atoms with van der Waals surface area (Å²) >= 11 is 0. The molecule has 3 rings (SSSR count). The van der Waals surface area contributed by atoms with E-state index in [1.54, 1.807) is 0 Å². The molecule has 1 atom stereocenters. The molecule has 126 valence electrons. The summed E-state index contributed by atoms with van der Waals surface area (Å²) in [5, 5.41) is 13.4. The third kappa shape index (κ3) is 3.91. The lowest BCUT2D eigenvalue weighted by Gasteiger charge is -2.35. The molecule has 1 aliphatic carbocycles. The Morgan fingerprint density at radius 2 is 1.87 bits per heavy atom. The molecule has 5 nitrogen and oxygen atoms in total. The molecule has 1 aliphatic heterocycles. The Morgan fingerprint density at radius 3 is 2.52 bits per heavy atom. The van der Waals surface area contributed by atoms with Gasteiger partial charge in [-0.25, -0.2) is 0 Å². The summed E-state index contributed by atoms with van der Waals surface area (Å²) in [7, 11) is 0. The summed E-state index contributed by atoms with van der Waals surface area (Å²) in [5.41, 5.74) is 0.0276. The lowest BCUT2D eigenvalue weighted by Crippen LogP contribution is -2.49. The van der Waals surface area contributed by atoms with E-state index < -0.39 is 5.60 Å². The number of hydrogen-bond acceptors (Lipinski definition) is 4. The summed E-state index contributed by atoms with van der Waals surface area (Å²) in [6, 6.07) is 10.4. The molecule has 5 heteroatoms. The number of hydrogen-bond donors (Lipinski definition) is 2. The zero-order chi connectivity index (χ0) is 16.1. The van der Waals surface area contributed by atoms with Crippen LogP contribution < -0.4 is 5.32 Å². The van der Waals surface area contributed by atoms with Crippen LogP contribution in [0.5, 0.6) is 0 Å². The Labute approximate surface area is 137 Å². The first-order chi connectivity index (χ1) is 11.2. The van der Waals surface area contributed by atoms with E-state index >= 15 is 0 Å². The van der Waals surface area contributed by atoms with Gasteiger partial charge in [0.05, 0.1) is 19.3 Å². The Bertz CT molecular complexity index is 508. The van der Waals surface area contributed by atoms with Crippen molar-refractivity contribution in [2.24, 2.45) is 0 Å². The van der Waals surface area contributed by atoms with Gasteiger partial charge < -0.3 is 15.2 Å². The van der Waals surface area contributed by atoms with Crippen molar-refractivity contribution in [1.82, 2.24) is 10.2 Å². The number of carbonyl (C=O) groups is 1. The number of ether oxygens (including phenoxy) is 1. The monoisotopic (exact) mass is 318 g/mol. The van der Waals surface area contributed by atoms with Crippen molar-refractivity contribution in [2.75, 3.05) is 32.8 Å². The van der Waals surface area contributed by atoms with Crippen molar-refractivity contribution in [2.45, 2.75) is 37.3 Å². The second-order valence-corrected chi connectivity index (χ2v) is 6.52. The molecule has 1 saturated carbocycles. The largest absolute Gasteiger partial charge is 0.380 e. The molecule has 0 aromatic heterocycles. The summed E-state index contributed by atoms with van der Waals surface area (Å²) < 4.78 is 5.44. The first kappa shape index (κ1) is 16.4. The fraction of sp³-hybridized carbons (Fsp3) is 0.611. The fourth-order valence-corrected chi connectivity index (χ4v) is 3.56. The van der Waals surface area contributed by atoms with E-state index in [-0.39, 0.29) is 11.9 Å². The molecule has 0 spiro atoms. The van der Waals surface area contributed by atoms with Gasteiger partial charge in [-0.05, 0) is 31.2 Å². The predicted octanol–water partition coefficient (Wildman–Crippen LogP) is 1.48. The molecule has 0 unspecified atom stereocenters. The number of aliphatic hydroxyl groups is 1. The van der Waals surface area contributed by atoms with E-state index in [0.717, 1.165) is 39.1 Å². The SMILES string of the molecule is O=C(NC[C@@H](c1ccccc1)N1CCOCC1)C1(O)CCCC1. The van der Waals surface area contributed by atoms with E-state index in [0.29, 0.717) is 19.4 Å². The maximum Gasteiger partial charge on any atom is 0.252 e. The molecule has 2 fully saturated rings. The van der Waals surface area contributed by atoms with Crippen molar-refractivity contribution in [1.29, 1.82) is 0 Å². The molecule has 0 bridgehead atoms. The Morgan fingerprint density at radius 1 is 1.22 bits per heavy atom. The quantitative estimate of drug-likeness (QED) is 0.863. The van der Waals surface area contributed by atoms with Crippen LogP contribution in [0.25, 0.3) is 0 Å². The first-order valence-electron chi connectivity index (χ1n) is 8.56. The fourth-order valence-electron chi connectivity index (χ4n) is 3.56. The van der Waals surface area contributed by atoms with Crippen LogP contribution in [0.4, 0.5) is 0 Å². The van der Waals surface area contributed by atoms with Gasteiger partial charge in [-0.2, -0.15) is 0 Å². The second-order valence-electron chi connectivity index (χ2n) is 6.52. The van der Waals surface area contributed by atoms with Crippen LogP contribution in [-0.4, -0.2) is 54.4 Å². The summed E-state index contributed by atoms with van der Waals surface area (Å²) in [6.45, 7) is 3.69. The number of morpholine rings is 1. The number of amides is 1. The first-order valence-corrected chi connectivity index (χ1v) is 8.56. The highest BCUT2D eigenvalue weighted by Crippen LogP contribution is 2.30. The molecular weight excluding hydrogens is 292 g/mol. The Kier molecular flexibility index (Phi) is 5.30. The average Bonchev–Trinajstić information content (AvgIpc) is 3.05. The van der Waals surface area contributed by atoms with Crippen LogP contribution >= 0.6 is 0 Å². The van der Waals surface area contributed by atoms with Crippen molar-refractivity contribution >= 4 is 5.91 Å². The number of nitrogens with one attached hydrogen (secondary N) is 1. The molecule has 1 heterocycles. The van der Waals surface area contributed by atoms with Crippen molar-refractivity contribution in [3.8, 4) is 0 Å². The highest BCUT2D eigenvalue weighted by atomic mass is 16.5. The average molecular weight is 318 g/mol. The van der Waals surface area contributed by atoms with E-state index in [2.05, 4.69) is 22.3 Å². The number of nitrogens with zero attached hydrogens (tertiary/aromatic N) is 1. The summed E-state index contributed by atoms with van der Waals surface area (Å²) in [6.07, 6.45) is 3.00. The summed E-state index contributed by atoms with van der Waals surface area (Å²) in [4.78, 5) is 14.7. The highest BCUT2D eigenvalue weighted by molar-refractivity contribution is 5.85. The Hall–Kier alpha value is -1.43. The van der Waals surface area contributed by atoms with Crippen molar-refractivity contribution in [3.63, 3.8) is 0 Å². The number of rotatable bonds is 5. The molecule has 23 heavy (non-hydrogen) atoms. The van der Waals surface area contributed by atoms with E-state index in [9.17, 15) is 9.90 Å². The third-order valence-corrected chi connectivity index (χ3v) is 4.98. The van der Waals surface area contributed by atoms with Crippen LogP contribution in [0.2, 0.25) is 0 Å². The van der Waals surface area contributed by atoms with Crippen LogP contribution in [0.1, 0.15) is 37.3 Å². The highest BCUT2D eigenvalue weighted by Gasteiger charge is 2.39. The van der Waals surface area contributed by atoms with Gasteiger partial charge >= 0.3 is 0 Å². The molecule has 1 amide bonds. The minimum absolute atomic E-state index is 0.119. The molecule has 1 aromatic rings. The Balaban J connectivity index is 1.67. The van der Waals surface area contributed by atoms with Gasteiger partial charge in [0.1, 0.15) is 5.60 Å². The normalized spacial score (nSPS) is 22.7. The molecule has 0 radical (unpaired) electrons. The maximum atomic E-state index is 12.4. The number of benzene rings is 1. The van der Waals surface area contributed by atoms with Gasteiger partial charge in [0.15, 0.2) is 0 Å². The van der Waals surface area contributed by atoms with E-state index in [1.807, 2.05) is 18.2 Å². The zero-order valence-corrected chi connectivity index (χ0v) is 13.5. The second kappa shape index (κ2) is 7.43. The lowest BCUT2D eigenvalue weighted by molar-refractivity contribution is -0.139. The van der Waals surface area contributed by atoms with Gasteiger partial charge in [0.2, 0.25) is 0 Å². The van der Waals surface area contributed by atoms with E-state index in [1.165, 1.54) is 5.56 Å². The maximum absolute atomic E-state index is 12.4. The van der Waals surface area contributed by atoms with Crippen molar-refractivity contribution in [3.05, 3.63) is 35.9 Å². The molecule has 1 aromatic carbocycles. The molecule has 1 saturated heterocycles. The van der Waals surface area contributed by atoms with Crippen LogP contribution in [0, 0.1) is 0 Å². The topological polar surface area (TPSA) is 61.8 Å². The van der Waals surface area contributed by atoms with Gasteiger partial charge in [-0.1, -0.05) is 30.3 Å². The van der Waals surface area contributed by atoms with Gasteiger partial charge in [-0.15, -0.1) is 0 Å². The molecule has 2 N–H and O–H groups in total. The minimum atomic E-state index is -1.16. The number of carbonyl (C=O) groups excluding carboxylic acids is 1. The van der Waals surface area contributed by atoms with Gasteiger partial charge in [-0.3, -0.25) is 9.69 Å². The molecule has 2 aliphatic rings. The molecular formula is C18H26N2O3. The standard InChI is InChI=1S/C18H26N2O3/c21-17(18(22)8-4-5-9-18)19-14-16(15-6-2-1-3-7-15)20-10-12-23-13-11-20/h1-3,6-7,16,22H,4-5,8-14H2,(H,19,21)/t16-/m0/s1. The lowest BCUT2D eigenvalue weighted by atomic mass is 10.0. The zero-order valence-electron chi connectivity index (χ0n) is 13.5. The van der Waals surface area contributed by atoms with E-state index in [4.69, 9.17) is 4.74 Å². The van der Waals surface area contributed by atoms with Crippen LogP contribution in [0.3, 0.4) is 0 Å². The van der Waals surface area contributed by atoms with Gasteiger partial charge in [0, 0.05) is 19.6 Å². The van der Waals surface area contributed by atoms with Crippen LogP contribution in [-0.2, 0) is 9.53 Å². The summed E-state index contributed by atoms with van der Waals surface area (Å²) in [5.74, 6) is -0.218.